The van der Waals surface area contributed by atoms with Crippen molar-refractivity contribution in [3.63, 3.8) is 0 Å². The Hall–Kier alpha value is -2.33. The van der Waals surface area contributed by atoms with Crippen LogP contribution in [0.25, 0.3) is 0 Å². The number of likely N-dealkylation sites (tertiary alicyclic amines) is 1. The normalized spacial score (nSPS) is 17.0. The van der Waals surface area contributed by atoms with Crippen LogP contribution in [0.5, 0.6) is 0 Å². The zero-order valence-corrected chi connectivity index (χ0v) is 15.8. The standard InChI is InChI=1S/C21H23ClN2O2/c1-14-6-3-10-19(15(14)2)23-20(25)17-8-5-11-24(13-17)21(26)16-7-4-9-18(22)12-16/h3-4,6-7,9-10,12,17H,5,8,11,13H2,1-2H3,(H,23,25). The van der Waals surface area contributed by atoms with Crippen LogP contribution in [0.1, 0.15) is 34.3 Å². The molecule has 1 fully saturated rings. The second-order valence-electron chi connectivity index (χ2n) is 6.84. The fraction of sp³-hybridized carbons (Fsp3) is 0.333. The van der Waals surface area contributed by atoms with Crippen molar-refractivity contribution in [3.05, 3.63) is 64.2 Å². The molecule has 0 aliphatic carbocycles. The summed E-state index contributed by atoms with van der Waals surface area (Å²) in [6.07, 6.45) is 1.60. The molecule has 4 nitrogen and oxygen atoms in total. The van der Waals surface area contributed by atoms with Crippen molar-refractivity contribution >= 4 is 29.1 Å². The molecular weight excluding hydrogens is 348 g/mol. The number of benzene rings is 2. The maximum absolute atomic E-state index is 12.7. The van der Waals surface area contributed by atoms with Gasteiger partial charge >= 0.3 is 0 Å². The summed E-state index contributed by atoms with van der Waals surface area (Å²) in [7, 11) is 0. The van der Waals surface area contributed by atoms with Crippen molar-refractivity contribution in [3.8, 4) is 0 Å². The fourth-order valence-electron chi connectivity index (χ4n) is 3.30. The SMILES string of the molecule is Cc1cccc(NC(=O)C2CCCN(C(=O)c3cccc(Cl)c3)C2)c1C. The number of halogens is 1. The minimum absolute atomic E-state index is 0.0257. The van der Waals surface area contributed by atoms with Crippen molar-refractivity contribution in [2.45, 2.75) is 26.7 Å². The summed E-state index contributed by atoms with van der Waals surface area (Å²) in [6.45, 7) is 5.12. The summed E-state index contributed by atoms with van der Waals surface area (Å²) in [6, 6.07) is 12.8. The Morgan fingerprint density at radius 1 is 1.15 bits per heavy atom. The zero-order chi connectivity index (χ0) is 18.7. The van der Waals surface area contributed by atoms with Crippen LogP contribution in [-0.4, -0.2) is 29.8 Å². The molecule has 5 heteroatoms. The second-order valence-corrected chi connectivity index (χ2v) is 7.27. The summed E-state index contributed by atoms with van der Waals surface area (Å²) in [5.74, 6) is -0.300. The van der Waals surface area contributed by atoms with E-state index in [-0.39, 0.29) is 17.7 Å². The Balaban J connectivity index is 1.69. The molecule has 3 rings (SSSR count). The maximum atomic E-state index is 12.7. The lowest BCUT2D eigenvalue weighted by atomic mass is 9.96. The van der Waals surface area contributed by atoms with Gasteiger partial charge in [-0.05, 0) is 62.1 Å². The molecule has 0 saturated carbocycles. The van der Waals surface area contributed by atoms with E-state index in [1.165, 1.54) is 0 Å². The highest BCUT2D eigenvalue weighted by Gasteiger charge is 2.29. The number of piperidine rings is 1. The average molecular weight is 371 g/mol. The summed E-state index contributed by atoms with van der Waals surface area (Å²) in [5.41, 5.74) is 3.62. The minimum Gasteiger partial charge on any atom is -0.338 e. The van der Waals surface area contributed by atoms with E-state index in [4.69, 9.17) is 11.6 Å². The number of aryl methyl sites for hydroxylation is 1. The quantitative estimate of drug-likeness (QED) is 0.867. The van der Waals surface area contributed by atoms with Gasteiger partial charge in [0.15, 0.2) is 0 Å². The van der Waals surface area contributed by atoms with Crippen molar-refractivity contribution in [2.75, 3.05) is 18.4 Å². The predicted octanol–water partition coefficient (Wildman–Crippen LogP) is 4.45. The van der Waals surface area contributed by atoms with Crippen LogP contribution in [-0.2, 0) is 4.79 Å². The molecule has 1 atom stereocenters. The molecule has 1 aliphatic heterocycles. The van der Waals surface area contributed by atoms with Gasteiger partial charge in [-0.3, -0.25) is 9.59 Å². The molecule has 0 spiro atoms. The van der Waals surface area contributed by atoms with Crippen LogP contribution in [0, 0.1) is 19.8 Å². The molecule has 0 aromatic heterocycles. The lowest BCUT2D eigenvalue weighted by Gasteiger charge is -2.32. The van der Waals surface area contributed by atoms with Gasteiger partial charge in [-0.15, -0.1) is 0 Å². The number of nitrogens with one attached hydrogen (secondary N) is 1. The number of nitrogens with zero attached hydrogens (tertiary/aromatic N) is 1. The summed E-state index contributed by atoms with van der Waals surface area (Å²) in [5, 5.41) is 3.57. The first-order valence-corrected chi connectivity index (χ1v) is 9.25. The third-order valence-corrected chi connectivity index (χ3v) is 5.25. The third kappa shape index (κ3) is 4.07. The zero-order valence-electron chi connectivity index (χ0n) is 15.1. The van der Waals surface area contributed by atoms with Crippen LogP contribution in [0.3, 0.4) is 0 Å². The number of amides is 2. The van der Waals surface area contributed by atoms with Gasteiger partial charge in [0.1, 0.15) is 0 Å². The summed E-state index contributed by atoms with van der Waals surface area (Å²) >= 11 is 5.99. The number of anilines is 1. The topological polar surface area (TPSA) is 49.4 Å². The van der Waals surface area contributed by atoms with Gasteiger partial charge in [-0.2, -0.15) is 0 Å². The van der Waals surface area contributed by atoms with Crippen LogP contribution in [0.2, 0.25) is 5.02 Å². The summed E-state index contributed by atoms with van der Waals surface area (Å²) in [4.78, 5) is 27.2. The maximum Gasteiger partial charge on any atom is 0.253 e. The van der Waals surface area contributed by atoms with E-state index in [2.05, 4.69) is 5.32 Å². The first kappa shape index (κ1) is 18.5. The number of carbonyl (C=O) groups is 2. The highest BCUT2D eigenvalue weighted by Crippen LogP contribution is 2.23. The lowest BCUT2D eigenvalue weighted by molar-refractivity contribution is -0.121. The molecule has 2 aromatic carbocycles. The van der Waals surface area contributed by atoms with Gasteiger partial charge in [0.05, 0.1) is 5.92 Å². The van der Waals surface area contributed by atoms with Crippen molar-refractivity contribution < 1.29 is 9.59 Å². The monoisotopic (exact) mass is 370 g/mol. The lowest BCUT2D eigenvalue weighted by Crippen LogP contribution is -2.43. The van der Waals surface area contributed by atoms with Crippen LogP contribution in [0.15, 0.2) is 42.5 Å². The van der Waals surface area contributed by atoms with Gasteiger partial charge in [0.25, 0.3) is 5.91 Å². The van der Waals surface area contributed by atoms with Gasteiger partial charge in [0.2, 0.25) is 5.91 Å². The molecule has 2 aromatic rings. The van der Waals surface area contributed by atoms with E-state index in [0.717, 1.165) is 29.7 Å². The molecule has 0 bridgehead atoms. The Labute approximate surface area is 159 Å². The second kappa shape index (κ2) is 7.92. The number of hydrogen-bond donors (Lipinski definition) is 1. The Morgan fingerprint density at radius 2 is 1.92 bits per heavy atom. The molecule has 136 valence electrons. The first-order chi connectivity index (χ1) is 12.5. The van der Waals surface area contributed by atoms with Gasteiger partial charge in [-0.25, -0.2) is 0 Å². The Kier molecular flexibility index (Phi) is 5.62. The molecular formula is C21H23ClN2O2. The highest BCUT2D eigenvalue weighted by molar-refractivity contribution is 6.30. The summed E-state index contributed by atoms with van der Waals surface area (Å²) < 4.78 is 0. The average Bonchev–Trinajstić information content (AvgIpc) is 2.65. The Bertz CT molecular complexity index is 835. The Morgan fingerprint density at radius 3 is 2.69 bits per heavy atom. The third-order valence-electron chi connectivity index (χ3n) is 5.01. The van der Waals surface area contributed by atoms with E-state index < -0.39 is 0 Å². The molecule has 0 radical (unpaired) electrons. The van der Waals surface area contributed by atoms with Crippen LogP contribution in [0.4, 0.5) is 5.69 Å². The molecule has 1 heterocycles. The van der Waals surface area contributed by atoms with E-state index in [1.807, 2.05) is 32.0 Å². The van der Waals surface area contributed by atoms with Gasteiger partial charge in [-0.1, -0.05) is 29.8 Å². The van der Waals surface area contributed by atoms with Crippen molar-refractivity contribution in [2.24, 2.45) is 5.92 Å². The molecule has 1 unspecified atom stereocenters. The molecule has 26 heavy (non-hydrogen) atoms. The van der Waals surface area contributed by atoms with Crippen molar-refractivity contribution in [1.29, 1.82) is 0 Å². The number of carbonyl (C=O) groups excluding carboxylic acids is 2. The molecule has 1 aliphatic rings. The van der Waals surface area contributed by atoms with Crippen LogP contribution < -0.4 is 5.32 Å². The van der Waals surface area contributed by atoms with Crippen LogP contribution >= 0.6 is 11.6 Å². The predicted molar refractivity (Wildman–Crippen MR) is 105 cm³/mol. The number of hydrogen-bond acceptors (Lipinski definition) is 2. The van der Waals surface area contributed by atoms with E-state index in [1.54, 1.807) is 29.2 Å². The van der Waals surface area contributed by atoms with E-state index >= 15 is 0 Å². The van der Waals surface area contributed by atoms with E-state index in [0.29, 0.717) is 23.7 Å². The minimum atomic E-state index is -0.202. The van der Waals surface area contributed by atoms with Gasteiger partial charge < -0.3 is 10.2 Å². The molecule has 2 amide bonds. The fourth-order valence-corrected chi connectivity index (χ4v) is 3.49. The molecule has 1 saturated heterocycles. The smallest absolute Gasteiger partial charge is 0.253 e. The largest absolute Gasteiger partial charge is 0.338 e. The first-order valence-electron chi connectivity index (χ1n) is 8.87. The number of rotatable bonds is 3. The molecule has 1 N–H and O–H groups in total. The van der Waals surface area contributed by atoms with E-state index in [9.17, 15) is 9.59 Å². The highest BCUT2D eigenvalue weighted by atomic mass is 35.5. The van der Waals surface area contributed by atoms with Crippen molar-refractivity contribution in [1.82, 2.24) is 4.90 Å². The van der Waals surface area contributed by atoms with Gasteiger partial charge in [0, 0.05) is 29.4 Å².